The van der Waals surface area contributed by atoms with E-state index >= 15 is 0 Å². The van der Waals surface area contributed by atoms with Crippen LogP contribution in [0.5, 0.6) is 11.5 Å². The van der Waals surface area contributed by atoms with Crippen LogP contribution < -0.4 is 4.74 Å². The molecule has 0 radical (unpaired) electrons. The van der Waals surface area contributed by atoms with Crippen molar-refractivity contribution >= 4 is 17.9 Å². The van der Waals surface area contributed by atoms with Gasteiger partial charge in [-0.25, -0.2) is 14.1 Å². The summed E-state index contributed by atoms with van der Waals surface area (Å²) in [5, 5.41) is 0. The minimum absolute atomic E-state index is 0.226. The maximum atomic E-state index is 13.0. The molecule has 0 bridgehead atoms. The zero-order chi connectivity index (χ0) is 19.0. The molecule has 138 valence electrons. The zero-order valence-corrected chi connectivity index (χ0v) is 14.1. The van der Waals surface area contributed by atoms with E-state index < -0.39 is 6.09 Å². The van der Waals surface area contributed by atoms with E-state index in [1.54, 1.807) is 29.2 Å². The first-order valence-corrected chi connectivity index (χ1v) is 8.33. The molecular formula is C19H15FN2O5. The van der Waals surface area contributed by atoms with Gasteiger partial charge < -0.3 is 14.4 Å². The molecule has 0 N–H and O–H groups in total. The highest BCUT2D eigenvalue weighted by Gasteiger charge is 2.44. The zero-order valence-electron chi connectivity index (χ0n) is 14.1. The molecule has 2 aromatic carbocycles. The smallest absolute Gasteiger partial charge is 0.417 e. The summed E-state index contributed by atoms with van der Waals surface area (Å²) in [7, 11) is 0. The fraction of sp³-hybridized carbons (Fsp3) is 0.211. The van der Waals surface area contributed by atoms with Gasteiger partial charge in [-0.1, -0.05) is 6.07 Å². The predicted octanol–water partition coefficient (Wildman–Crippen LogP) is 2.42. The molecule has 8 heteroatoms. The topological polar surface area (TPSA) is 76.2 Å². The number of rotatable bonds is 4. The molecular weight excluding hydrogens is 355 g/mol. The summed E-state index contributed by atoms with van der Waals surface area (Å²) in [6.07, 6.45) is -0.660. The Hall–Kier alpha value is -3.42. The van der Waals surface area contributed by atoms with Crippen molar-refractivity contribution in [3.05, 3.63) is 59.9 Å². The maximum Gasteiger partial charge on any atom is 0.417 e. The number of nitrogens with zero attached hydrogens (tertiary/aromatic N) is 2. The van der Waals surface area contributed by atoms with E-state index in [1.807, 2.05) is 0 Å². The second-order valence-corrected chi connectivity index (χ2v) is 6.27. The van der Waals surface area contributed by atoms with Gasteiger partial charge >= 0.3 is 6.09 Å². The van der Waals surface area contributed by atoms with E-state index in [0.717, 1.165) is 4.90 Å². The third kappa shape index (κ3) is 3.33. The molecule has 2 aliphatic heterocycles. The first-order chi connectivity index (χ1) is 13.0. The Kier molecular flexibility index (Phi) is 4.23. The number of cyclic esters (lactones) is 1. The van der Waals surface area contributed by atoms with E-state index in [2.05, 4.69) is 4.74 Å². The number of amides is 3. The first-order valence-electron chi connectivity index (χ1n) is 8.33. The van der Waals surface area contributed by atoms with Crippen molar-refractivity contribution in [2.75, 3.05) is 19.7 Å². The first kappa shape index (κ1) is 17.0. The number of ether oxygens (including phenoxy) is 2. The number of hydrogen-bond acceptors (Lipinski definition) is 5. The van der Waals surface area contributed by atoms with E-state index in [1.165, 1.54) is 24.3 Å². The van der Waals surface area contributed by atoms with Crippen LogP contribution in [-0.4, -0.2) is 53.4 Å². The monoisotopic (exact) mass is 370 g/mol. The molecule has 0 saturated carbocycles. The minimum Gasteiger partial charge on any atom is -0.457 e. The Labute approximate surface area is 153 Å². The summed E-state index contributed by atoms with van der Waals surface area (Å²) < 4.78 is 23.3. The number of carbonyl (C=O) groups excluding carboxylic acids is 3. The van der Waals surface area contributed by atoms with Crippen molar-refractivity contribution in [1.82, 2.24) is 9.80 Å². The number of halogens is 1. The van der Waals surface area contributed by atoms with Crippen molar-refractivity contribution in [2.45, 2.75) is 6.04 Å². The van der Waals surface area contributed by atoms with Crippen molar-refractivity contribution in [2.24, 2.45) is 0 Å². The van der Waals surface area contributed by atoms with Crippen LogP contribution in [0.3, 0.4) is 0 Å². The molecule has 0 aromatic heterocycles. The van der Waals surface area contributed by atoms with Gasteiger partial charge in [0.15, 0.2) is 6.61 Å². The summed E-state index contributed by atoms with van der Waals surface area (Å²) in [5.74, 6) is -0.0690. The second kappa shape index (κ2) is 6.71. The van der Waals surface area contributed by atoms with E-state index in [0.29, 0.717) is 17.1 Å². The molecule has 0 spiro atoms. The lowest BCUT2D eigenvalue weighted by molar-refractivity contribution is -0.129. The molecule has 2 saturated heterocycles. The van der Waals surface area contributed by atoms with Crippen LogP contribution in [0.2, 0.25) is 0 Å². The van der Waals surface area contributed by atoms with Crippen LogP contribution in [0.1, 0.15) is 10.4 Å². The Balaban J connectivity index is 1.40. The fourth-order valence-corrected chi connectivity index (χ4v) is 3.02. The number of hydrogen-bond donors (Lipinski definition) is 0. The molecule has 7 nitrogen and oxygen atoms in total. The highest BCUT2D eigenvalue weighted by molar-refractivity contribution is 5.99. The molecule has 4 rings (SSSR count). The molecule has 2 heterocycles. The highest BCUT2D eigenvalue weighted by Crippen LogP contribution is 2.25. The third-order valence-electron chi connectivity index (χ3n) is 4.43. The van der Waals surface area contributed by atoms with Gasteiger partial charge in [0.05, 0.1) is 6.04 Å². The largest absolute Gasteiger partial charge is 0.457 e. The van der Waals surface area contributed by atoms with Crippen molar-refractivity contribution in [3.63, 3.8) is 0 Å². The van der Waals surface area contributed by atoms with Gasteiger partial charge in [-0.15, -0.1) is 0 Å². The summed E-state index contributed by atoms with van der Waals surface area (Å²) in [6, 6.07) is 11.8. The van der Waals surface area contributed by atoms with Crippen LogP contribution in [0.25, 0.3) is 0 Å². The Morgan fingerprint density at radius 2 is 1.81 bits per heavy atom. The van der Waals surface area contributed by atoms with Crippen LogP contribution in [0, 0.1) is 5.82 Å². The lowest BCUT2D eigenvalue weighted by Crippen LogP contribution is -2.62. The van der Waals surface area contributed by atoms with Gasteiger partial charge in [0.1, 0.15) is 17.3 Å². The van der Waals surface area contributed by atoms with Gasteiger partial charge in [0.2, 0.25) is 0 Å². The number of imide groups is 1. The molecule has 0 atom stereocenters. The Bertz CT molecular complexity index is 893. The lowest BCUT2D eigenvalue weighted by atomic mass is 10.0. The number of likely N-dealkylation sites (tertiary alicyclic amines) is 1. The van der Waals surface area contributed by atoms with Crippen molar-refractivity contribution < 1.29 is 28.2 Å². The fourth-order valence-electron chi connectivity index (χ4n) is 3.02. The van der Waals surface area contributed by atoms with E-state index in [4.69, 9.17) is 4.74 Å². The number of benzene rings is 2. The summed E-state index contributed by atoms with van der Waals surface area (Å²) in [6.45, 7) is 0.289. The second-order valence-electron chi connectivity index (χ2n) is 6.27. The van der Waals surface area contributed by atoms with Gasteiger partial charge in [0, 0.05) is 18.7 Å². The molecule has 0 aliphatic carbocycles. The molecule has 2 aromatic rings. The Morgan fingerprint density at radius 1 is 1.07 bits per heavy atom. The van der Waals surface area contributed by atoms with Gasteiger partial charge in [-0.2, -0.15) is 0 Å². The summed E-state index contributed by atoms with van der Waals surface area (Å²) in [4.78, 5) is 38.4. The highest BCUT2D eigenvalue weighted by atomic mass is 19.1. The van der Waals surface area contributed by atoms with Crippen LogP contribution in [-0.2, 0) is 9.53 Å². The standard InChI is InChI=1S/C19H15FN2O5/c20-13-4-6-15(7-5-13)27-16-3-1-2-12(8-16)18(24)21-9-14(10-21)22-17(23)11-26-19(22)25/h1-8,14H,9-11H2. The molecule has 2 fully saturated rings. The van der Waals surface area contributed by atoms with E-state index in [-0.39, 0.29) is 43.4 Å². The molecule has 3 amide bonds. The third-order valence-corrected chi connectivity index (χ3v) is 4.43. The van der Waals surface area contributed by atoms with Crippen LogP contribution in [0.15, 0.2) is 48.5 Å². The molecule has 2 aliphatic rings. The van der Waals surface area contributed by atoms with Gasteiger partial charge in [0.25, 0.3) is 11.8 Å². The predicted molar refractivity (Wildman–Crippen MR) is 90.8 cm³/mol. The van der Waals surface area contributed by atoms with Crippen LogP contribution in [0.4, 0.5) is 9.18 Å². The van der Waals surface area contributed by atoms with Crippen molar-refractivity contribution in [1.29, 1.82) is 0 Å². The van der Waals surface area contributed by atoms with Crippen LogP contribution >= 0.6 is 0 Å². The normalized spacial score (nSPS) is 16.9. The number of carbonyl (C=O) groups is 3. The Morgan fingerprint density at radius 3 is 2.48 bits per heavy atom. The van der Waals surface area contributed by atoms with Gasteiger partial charge in [-0.3, -0.25) is 9.59 Å². The summed E-state index contributed by atoms with van der Waals surface area (Å²) >= 11 is 0. The SMILES string of the molecule is O=C(c1cccc(Oc2ccc(F)cc2)c1)N1CC(N2C(=O)COC2=O)C1. The quantitative estimate of drug-likeness (QED) is 0.826. The molecule has 27 heavy (non-hydrogen) atoms. The average Bonchev–Trinajstić information content (AvgIpc) is 2.95. The van der Waals surface area contributed by atoms with E-state index in [9.17, 15) is 18.8 Å². The van der Waals surface area contributed by atoms with Crippen molar-refractivity contribution in [3.8, 4) is 11.5 Å². The molecule has 0 unspecified atom stereocenters. The van der Waals surface area contributed by atoms with Gasteiger partial charge in [-0.05, 0) is 42.5 Å². The summed E-state index contributed by atoms with van der Waals surface area (Å²) in [5.41, 5.74) is 0.420. The minimum atomic E-state index is -0.660. The lowest BCUT2D eigenvalue weighted by Gasteiger charge is -2.41. The maximum absolute atomic E-state index is 13.0. The average molecular weight is 370 g/mol.